The first-order chi connectivity index (χ1) is 10.7. The van der Waals surface area contributed by atoms with Crippen LogP contribution in [-0.2, 0) is 0 Å². The molecule has 3 nitrogen and oxygen atoms in total. The maximum Gasteiger partial charge on any atom is 0.271 e. The van der Waals surface area contributed by atoms with E-state index < -0.39 is 0 Å². The van der Waals surface area contributed by atoms with Crippen molar-refractivity contribution < 1.29 is 4.79 Å². The lowest BCUT2D eigenvalue weighted by atomic mass is 10.1. The van der Waals surface area contributed by atoms with Crippen LogP contribution in [0.15, 0.2) is 71.8 Å². The zero-order valence-electron chi connectivity index (χ0n) is 12.3. The predicted molar refractivity (Wildman–Crippen MR) is 90.2 cm³/mol. The summed E-state index contributed by atoms with van der Waals surface area (Å²) in [6.45, 7) is 2.02. The Morgan fingerprint density at radius 3 is 2.59 bits per heavy atom. The lowest BCUT2D eigenvalue weighted by molar-refractivity contribution is 0.0955. The molecule has 108 valence electrons. The second-order valence-electron chi connectivity index (χ2n) is 5.18. The number of aryl methyl sites for hydroxylation is 1. The summed E-state index contributed by atoms with van der Waals surface area (Å²) in [7, 11) is 0. The highest BCUT2D eigenvalue weighted by Gasteiger charge is 2.04. The number of benzene rings is 3. The SMILES string of the molecule is Cc1cccc(/C=N\NC(=O)c2ccc3ccccc3c2)c1. The standard InChI is InChI=1S/C19H16N2O/c1-14-5-4-6-15(11-14)13-20-21-19(22)18-10-9-16-7-2-3-8-17(16)12-18/h2-13H,1H3,(H,21,22)/b20-13-. The van der Waals surface area contributed by atoms with E-state index in [1.807, 2.05) is 67.6 Å². The largest absolute Gasteiger partial charge is 0.271 e. The molecule has 0 aliphatic carbocycles. The molecule has 1 amide bonds. The fraction of sp³-hybridized carbons (Fsp3) is 0.0526. The number of fused-ring (bicyclic) bond motifs is 1. The molecule has 0 bridgehead atoms. The first-order valence-corrected chi connectivity index (χ1v) is 7.11. The number of nitrogens with zero attached hydrogens (tertiary/aromatic N) is 1. The fourth-order valence-electron chi connectivity index (χ4n) is 2.31. The van der Waals surface area contributed by atoms with Crippen molar-refractivity contribution in [1.29, 1.82) is 0 Å². The molecule has 0 fully saturated rings. The van der Waals surface area contributed by atoms with Crippen LogP contribution in [0.1, 0.15) is 21.5 Å². The van der Waals surface area contributed by atoms with Crippen molar-refractivity contribution in [3.63, 3.8) is 0 Å². The van der Waals surface area contributed by atoms with Gasteiger partial charge < -0.3 is 0 Å². The predicted octanol–water partition coefficient (Wildman–Crippen LogP) is 3.91. The van der Waals surface area contributed by atoms with Crippen molar-refractivity contribution in [1.82, 2.24) is 5.43 Å². The van der Waals surface area contributed by atoms with Crippen molar-refractivity contribution >= 4 is 22.9 Å². The Morgan fingerprint density at radius 1 is 0.955 bits per heavy atom. The molecule has 0 unspecified atom stereocenters. The van der Waals surface area contributed by atoms with Crippen LogP contribution in [0.4, 0.5) is 0 Å². The first kappa shape index (κ1) is 14.0. The number of amides is 1. The van der Waals surface area contributed by atoms with Crippen molar-refractivity contribution in [2.75, 3.05) is 0 Å². The van der Waals surface area contributed by atoms with Gasteiger partial charge in [0.05, 0.1) is 6.21 Å². The van der Waals surface area contributed by atoms with E-state index in [2.05, 4.69) is 10.5 Å². The normalized spacial score (nSPS) is 11.0. The van der Waals surface area contributed by atoms with E-state index in [1.54, 1.807) is 12.3 Å². The van der Waals surface area contributed by atoms with Crippen molar-refractivity contribution in [3.8, 4) is 0 Å². The van der Waals surface area contributed by atoms with Crippen LogP contribution >= 0.6 is 0 Å². The lowest BCUT2D eigenvalue weighted by Crippen LogP contribution is -2.17. The van der Waals surface area contributed by atoms with Crippen molar-refractivity contribution in [2.24, 2.45) is 5.10 Å². The number of rotatable bonds is 3. The molecule has 0 atom stereocenters. The van der Waals surface area contributed by atoms with Gasteiger partial charge in [-0.2, -0.15) is 5.10 Å². The number of hydrazone groups is 1. The molecule has 1 N–H and O–H groups in total. The number of hydrogen-bond acceptors (Lipinski definition) is 2. The molecule has 3 heteroatoms. The van der Waals surface area contributed by atoms with E-state index in [4.69, 9.17) is 0 Å². The molecular weight excluding hydrogens is 272 g/mol. The van der Waals surface area contributed by atoms with Gasteiger partial charge in [-0.1, -0.05) is 60.2 Å². The highest BCUT2D eigenvalue weighted by atomic mass is 16.2. The molecule has 0 radical (unpaired) electrons. The zero-order valence-corrected chi connectivity index (χ0v) is 12.3. The minimum atomic E-state index is -0.213. The molecule has 3 aromatic rings. The summed E-state index contributed by atoms with van der Waals surface area (Å²) in [5, 5.41) is 6.17. The van der Waals surface area contributed by atoms with Gasteiger partial charge in [-0.25, -0.2) is 5.43 Å². The quantitative estimate of drug-likeness (QED) is 0.576. The van der Waals surface area contributed by atoms with Crippen LogP contribution in [0, 0.1) is 6.92 Å². The van der Waals surface area contributed by atoms with Gasteiger partial charge in [0.15, 0.2) is 0 Å². The second kappa shape index (κ2) is 6.22. The average Bonchev–Trinajstić information content (AvgIpc) is 2.54. The Balaban J connectivity index is 1.73. The molecule has 0 heterocycles. The minimum absolute atomic E-state index is 0.213. The lowest BCUT2D eigenvalue weighted by Gasteiger charge is -2.02. The summed E-state index contributed by atoms with van der Waals surface area (Å²) < 4.78 is 0. The third-order valence-corrected chi connectivity index (χ3v) is 3.43. The van der Waals surface area contributed by atoms with E-state index in [0.717, 1.165) is 21.9 Å². The van der Waals surface area contributed by atoms with Gasteiger partial charge in [0.2, 0.25) is 0 Å². The number of hydrogen-bond donors (Lipinski definition) is 1. The van der Waals surface area contributed by atoms with Gasteiger partial charge in [0, 0.05) is 5.56 Å². The van der Waals surface area contributed by atoms with E-state index in [9.17, 15) is 4.79 Å². The highest BCUT2D eigenvalue weighted by Crippen LogP contribution is 2.15. The van der Waals surface area contributed by atoms with E-state index >= 15 is 0 Å². The summed E-state index contributed by atoms with van der Waals surface area (Å²) in [6, 6.07) is 21.5. The maximum atomic E-state index is 12.1. The van der Waals surface area contributed by atoms with Crippen LogP contribution in [0.5, 0.6) is 0 Å². The van der Waals surface area contributed by atoms with E-state index in [0.29, 0.717) is 5.56 Å². The monoisotopic (exact) mass is 288 g/mol. The van der Waals surface area contributed by atoms with Gasteiger partial charge >= 0.3 is 0 Å². The summed E-state index contributed by atoms with van der Waals surface area (Å²) in [6.07, 6.45) is 1.64. The molecule has 3 rings (SSSR count). The molecule has 0 spiro atoms. The molecular formula is C19H16N2O. The highest BCUT2D eigenvalue weighted by molar-refractivity contribution is 5.98. The average molecular weight is 288 g/mol. The summed E-state index contributed by atoms with van der Waals surface area (Å²) in [5.41, 5.74) is 5.27. The van der Waals surface area contributed by atoms with Crippen LogP contribution in [0.2, 0.25) is 0 Å². The molecule has 22 heavy (non-hydrogen) atoms. The summed E-state index contributed by atoms with van der Waals surface area (Å²) >= 11 is 0. The molecule has 0 aromatic heterocycles. The van der Waals surface area contributed by atoms with Crippen LogP contribution in [0.3, 0.4) is 0 Å². The van der Waals surface area contributed by atoms with E-state index in [1.165, 1.54) is 0 Å². The van der Waals surface area contributed by atoms with E-state index in [-0.39, 0.29) is 5.91 Å². The molecule has 0 aliphatic rings. The Morgan fingerprint density at radius 2 is 1.77 bits per heavy atom. The van der Waals surface area contributed by atoms with Gasteiger partial charge in [-0.3, -0.25) is 4.79 Å². The molecule has 0 saturated heterocycles. The van der Waals surface area contributed by atoms with Crippen molar-refractivity contribution in [3.05, 3.63) is 83.4 Å². The van der Waals surface area contributed by atoms with Gasteiger partial charge in [-0.05, 0) is 35.4 Å². The number of carbonyl (C=O) groups excluding carboxylic acids is 1. The Hall–Kier alpha value is -2.94. The number of carbonyl (C=O) groups is 1. The zero-order chi connectivity index (χ0) is 15.4. The Labute approximate surface area is 129 Å². The second-order valence-corrected chi connectivity index (χ2v) is 5.18. The minimum Gasteiger partial charge on any atom is -0.267 e. The van der Waals surface area contributed by atoms with Gasteiger partial charge in [0.25, 0.3) is 5.91 Å². The maximum absolute atomic E-state index is 12.1. The number of nitrogens with one attached hydrogen (secondary N) is 1. The van der Waals surface area contributed by atoms with Gasteiger partial charge in [0.1, 0.15) is 0 Å². The summed E-state index contributed by atoms with van der Waals surface area (Å²) in [4.78, 5) is 12.1. The van der Waals surface area contributed by atoms with Crippen LogP contribution in [-0.4, -0.2) is 12.1 Å². The molecule has 0 saturated carbocycles. The first-order valence-electron chi connectivity index (χ1n) is 7.11. The van der Waals surface area contributed by atoms with Gasteiger partial charge in [-0.15, -0.1) is 0 Å². The summed E-state index contributed by atoms with van der Waals surface area (Å²) in [5.74, 6) is -0.213. The Bertz CT molecular complexity index is 853. The third kappa shape index (κ3) is 3.20. The van der Waals surface area contributed by atoms with Crippen molar-refractivity contribution in [2.45, 2.75) is 6.92 Å². The fourth-order valence-corrected chi connectivity index (χ4v) is 2.31. The smallest absolute Gasteiger partial charge is 0.267 e. The van der Waals surface area contributed by atoms with Crippen LogP contribution < -0.4 is 5.43 Å². The third-order valence-electron chi connectivity index (χ3n) is 3.43. The molecule has 0 aliphatic heterocycles. The van der Waals surface area contributed by atoms with Crippen LogP contribution in [0.25, 0.3) is 10.8 Å². The topological polar surface area (TPSA) is 41.5 Å². The molecule has 3 aromatic carbocycles. The Kier molecular flexibility index (Phi) is 3.97.